The summed E-state index contributed by atoms with van der Waals surface area (Å²) in [6.07, 6.45) is 1.32. The highest BCUT2D eigenvalue weighted by Crippen LogP contribution is 2.29. The second kappa shape index (κ2) is 8.00. The molecule has 1 aromatic heterocycles. The second-order valence-electron chi connectivity index (χ2n) is 6.72. The molecule has 8 heteroatoms. The van der Waals surface area contributed by atoms with Crippen LogP contribution in [-0.4, -0.2) is 34.8 Å². The molecule has 0 bridgehead atoms. The molecule has 0 radical (unpaired) electrons. The number of carbonyl (C=O) groups excluding carboxylic acids is 3. The van der Waals surface area contributed by atoms with Gasteiger partial charge in [-0.3, -0.25) is 19.4 Å². The Bertz CT molecular complexity index is 1250. The number of rotatable bonds is 4. The van der Waals surface area contributed by atoms with Gasteiger partial charge in [-0.15, -0.1) is 0 Å². The Hall–Kier alpha value is -4.04. The molecular weight excluding hydrogens is 416 g/mol. The van der Waals surface area contributed by atoms with E-state index in [4.69, 9.17) is 16.6 Å². The van der Waals surface area contributed by atoms with Crippen LogP contribution < -0.4 is 10.0 Å². The van der Waals surface area contributed by atoms with E-state index in [0.717, 1.165) is 0 Å². The van der Waals surface area contributed by atoms with Gasteiger partial charge in [0.2, 0.25) is 0 Å². The highest BCUT2D eigenvalue weighted by molar-refractivity contribution is 7.80. The quantitative estimate of drug-likeness (QED) is 0.358. The van der Waals surface area contributed by atoms with Crippen LogP contribution in [0.4, 0.5) is 5.69 Å². The number of anilines is 1. The monoisotopic (exact) mass is 431 g/mol. The van der Waals surface area contributed by atoms with Gasteiger partial charge in [0.05, 0.1) is 11.7 Å². The maximum absolute atomic E-state index is 13.1. The van der Waals surface area contributed by atoms with E-state index in [1.165, 1.54) is 29.0 Å². The maximum atomic E-state index is 13.1. The Labute approximate surface area is 182 Å². The highest BCUT2D eigenvalue weighted by atomic mass is 32.1. The molecule has 2 heterocycles. The molecule has 1 fully saturated rings. The molecule has 4 rings (SSSR count). The van der Waals surface area contributed by atoms with Gasteiger partial charge in [0, 0.05) is 18.2 Å². The molecule has 0 aliphatic carbocycles. The molecule has 0 atom stereocenters. The number of thiocarbonyl (C=S) groups is 1. The van der Waals surface area contributed by atoms with E-state index >= 15 is 0 Å². The number of aromatic carboxylic acids is 1. The van der Waals surface area contributed by atoms with E-state index < -0.39 is 17.8 Å². The number of furan rings is 1. The summed E-state index contributed by atoms with van der Waals surface area (Å²) < 4.78 is 5.72. The molecule has 2 amide bonds. The number of amides is 2. The minimum absolute atomic E-state index is 0.0267. The Morgan fingerprint density at radius 1 is 0.968 bits per heavy atom. The van der Waals surface area contributed by atoms with Gasteiger partial charge in [-0.1, -0.05) is 42.5 Å². The summed E-state index contributed by atoms with van der Waals surface area (Å²) in [4.78, 5) is 39.7. The maximum Gasteiger partial charge on any atom is 0.270 e. The molecule has 0 unspecified atom stereocenters. The lowest BCUT2D eigenvalue weighted by molar-refractivity contribution is -0.255. The first-order valence-corrected chi connectivity index (χ1v) is 9.63. The number of carboxylic acid groups (broad SMARTS) is 1. The fourth-order valence-electron chi connectivity index (χ4n) is 3.24. The second-order valence-corrected chi connectivity index (χ2v) is 7.08. The van der Waals surface area contributed by atoms with Gasteiger partial charge >= 0.3 is 0 Å². The third kappa shape index (κ3) is 3.64. The molecular formula is C23H15N2O5S-. The van der Waals surface area contributed by atoms with Crippen molar-refractivity contribution in [2.24, 2.45) is 0 Å². The third-order valence-electron chi connectivity index (χ3n) is 4.79. The van der Waals surface area contributed by atoms with Crippen LogP contribution in [0.3, 0.4) is 0 Å². The average Bonchev–Trinajstić information content (AvgIpc) is 3.25. The number of nitrogens with zero attached hydrogens (tertiary/aromatic N) is 2. The Morgan fingerprint density at radius 3 is 2.35 bits per heavy atom. The van der Waals surface area contributed by atoms with E-state index in [2.05, 4.69) is 0 Å². The summed E-state index contributed by atoms with van der Waals surface area (Å²) in [5.41, 5.74) is 0.707. The minimum Gasteiger partial charge on any atom is -0.545 e. The summed E-state index contributed by atoms with van der Waals surface area (Å²) in [6.45, 7) is 0. The van der Waals surface area contributed by atoms with Gasteiger partial charge in [0.25, 0.3) is 11.8 Å². The number of hydrogen-bond donors (Lipinski definition) is 0. The lowest BCUT2D eigenvalue weighted by Crippen LogP contribution is -2.54. The van der Waals surface area contributed by atoms with Gasteiger partial charge in [0.1, 0.15) is 17.1 Å². The SMILES string of the molecule is CN1C(=O)/C(=C\c2ccc(-c3ccccc3C(=O)[O-])o2)C(=O)N(c2ccccc2)C1=S. The third-order valence-corrected chi connectivity index (χ3v) is 5.24. The van der Waals surface area contributed by atoms with Crippen molar-refractivity contribution in [1.29, 1.82) is 0 Å². The average molecular weight is 431 g/mol. The minimum atomic E-state index is -1.34. The lowest BCUT2D eigenvalue weighted by Gasteiger charge is -2.34. The molecule has 7 nitrogen and oxygen atoms in total. The van der Waals surface area contributed by atoms with Crippen LogP contribution in [0.15, 0.2) is 76.7 Å². The van der Waals surface area contributed by atoms with Gasteiger partial charge in [-0.25, -0.2) is 0 Å². The first kappa shape index (κ1) is 20.2. The fraction of sp³-hybridized carbons (Fsp3) is 0.0435. The van der Waals surface area contributed by atoms with Gasteiger partial charge in [-0.2, -0.15) is 0 Å². The van der Waals surface area contributed by atoms with E-state index in [9.17, 15) is 19.5 Å². The topological polar surface area (TPSA) is 93.9 Å². The smallest absolute Gasteiger partial charge is 0.270 e. The van der Waals surface area contributed by atoms with Crippen molar-refractivity contribution in [3.05, 3.63) is 83.6 Å². The van der Waals surface area contributed by atoms with Crippen molar-refractivity contribution in [3.8, 4) is 11.3 Å². The van der Waals surface area contributed by atoms with E-state index in [1.54, 1.807) is 60.7 Å². The van der Waals surface area contributed by atoms with Crippen LogP contribution in [0, 0.1) is 0 Å². The predicted molar refractivity (Wildman–Crippen MR) is 116 cm³/mol. The fourth-order valence-corrected chi connectivity index (χ4v) is 3.51. The molecule has 1 aliphatic heterocycles. The number of likely N-dealkylation sites (N-methyl/N-ethyl adjacent to an activating group) is 1. The van der Waals surface area contributed by atoms with Gasteiger partial charge in [-0.05, 0) is 42.6 Å². The van der Waals surface area contributed by atoms with Crippen LogP contribution in [0.1, 0.15) is 16.1 Å². The number of para-hydroxylation sites is 1. The number of carboxylic acids is 1. The van der Waals surface area contributed by atoms with Crippen LogP contribution in [0.5, 0.6) is 0 Å². The molecule has 1 aliphatic rings. The molecule has 1 saturated heterocycles. The number of carbonyl (C=O) groups is 3. The Balaban J connectivity index is 1.73. The molecule has 2 aromatic carbocycles. The molecule has 0 N–H and O–H groups in total. The van der Waals surface area contributed by atoms with E-state index in [0.29, 0.717) is 11.3 Å². The van der Waals surface area contributed by atoms with Crippen LogP contribution >= 0.6 is 12.2 Å². The van der Waals surface area contributed by atoms with Gasteiger partial charge < -0.3 is 14.3 Å². The zero-order chi connectivity index (χ0) is 22.1. The summed E-state index contributed by atoms with van der Waals surface area (Å²) in [6, 6.07) is 18.1. The number of hydrogen-bond acceptors (Lipinski definition) is 6. The zero-order valence-electron chi connectivity index (χ0n) is 16.3. The van der Waals surface area contributed by atoms with Crippen LogP contribution in [-0.2, 0) is 9.59 Å². The van der Waals surface area contributed by atoms with Crippen LogP contribution in [0.2, 0.25) is 0 Å². The summed E-state index contributed by atoms with van der Waals surface area (Å²) >= 11 is 5.31. The van der Waals surface area contributed by atoms with E-state index in [1.807, 2.05) is 0 Å². The lowest BCUT2D eigenvalue weighted by atomic mass is 10.1. The van der Waals surface area contributed by atoms with Crippen molar-refractivity contribution < 1.29 is 23.9 Å². The van der Waals surface area contributed by atoms with E-state index in [-0.39, 0.29) is 27.8 Å². The normalized spacial score (nSPS) is 15.6. The summed E-state index contributed by atoms with van der Waals surface area (Å²) in [5.74, 6) is -1.99. The molecule has 154 valence electrons. The zero-order valence-corrected chi connectivity index (χ0v) is 17.1. The van der Waals surface area contributed by atoms with Crippen molar-refractivity contribution in [2.75, 3.05) is 11.9 Å². The van der Waals surface area contributed by atoms with Crippen molar-refractivity contribution in [2.45, 2.75) is 0 Å². The molecule has 0 spiro atoms. The highest BCUT2D eigenvalue weighted by Gasteiger charge is 2.38. The standard InChI is InChI=1S/C23H16N2O5S/c1-24-20(26)18(21(27)25(23(24)31)14-7-3-2-4-8-14)13-15-11-12-19(30-15)16-9-5-6-10-17(16)22(28)29/h2-13H,1H3,(H,28,29)/p-1/b18-13+. The Kier molecular flexibility index (Phi) is 5.22. The molecule has 0 saturated carbocycles. The van der Waals surface area contributed by atoms with Crippen molar-refractivity contribution in [3.63, 3.8) is 0 Å². The Morgan fingerprint density at radius 2 is 1.65 bits per heavy atom. The van der Waals surface area contributed by atoms with Crippen molar-refractivity contribution in [1.82, 2.24) is 4.90 Å². The molecule has 3 aromatic rings. The van der Waals surface area contributed by atoms with Crippen LogP contribution in [0.25, 0.3) is 17.4 Å². The summed E-state index contributed by atoms with van der Waals surface area (Å²) in [5, 5.41) is 11.4. The van der Waals surface area contributed by atoms with Gasteiger partial charge in [0.15, 0.2) is 5.11 Å². The summed E-state index contributed by atoms with van der Waals surface area (Å²) in [7, 11) is 1.49. The first-order valence-electron chi connectivity index (χ1n) is 9.22. The number of benzene rings is 2. The van der Waals surface area contributed by atoms with Crippen molar-refractivity contribution >= 4 is 46.9 Å². The largest absolute Gasteiger partial charge is 0.545 e. The molecule has 31 heavy (non-hydrogen) atoms. The predicted octanol–water partition coefficient (Wildman–Crippen LogP) is 2.48. The first-order chi connectivity index (χ1) is 14.9.